The van der Waals surface area contributed by atoms with E-state index in [0.717, 1.165) is 22.4 Å². The lowest BCUT2D eigenvalue weighted by molar-refractivity contribution is -0.178. The molecule has 24 heavy (non-hydrogen) atoms. The molecule has 0 fully saturated rings. The van der Waals surface area contributed by atoms with Crippen LogP contribution in [0.3, 0.4) is 0 Å². The molecule has 0 aliphatic carbocycles. The summed E-state index contributed by atoms with van der Waals surface area (Å²) >= 11 is 0. The van der Waals surface area contributed by atoms with E-state index in [-0.39, 0.29) is 0 Å². The third-order valence-electron chi connectivity index (χ3n) is 3.78. The third kappa shape index (κ3) is 3.55. The van der Waals surface area contributed by atoms with Crippen LogP contribution in [0, 0.1) is 0 Å². The SMILES string of the molecule is COOc1ccc2c(c1)C(=CC=Cc1ccc(N(C)C)cc1)C=N2. The first-order chi connectivity index (χ1) is 11.7. The van der Waals surface area contributed by atoms with Gasteiger partial charge >= 0.3 is 0 Å². The third-order valence-corrected chi connectivity index (χ3v) is 3.78. The molecule has 2 aromatic carbocycles. The van der Waals surface area contributed by atoms with E-state index in [1.165, 1.54) is 12.8 Å². The van der Waals surface area contributed by atoms with E-state index in [4.69, 9.17) is 9.78 Å². The molecule has 0 amide bonds. The Morgan fingerprint density at radius 2 is 1.83 bits per heavy atom. The lowest BCUT2D eigenvalue weighted by atomic mass is 10.1. The summed E-state index contributed by atoms with van der Waals surface area (Å²) in [7, 11) is 5.56. The number of rotatable bonds is 5. The highest BCUT2D eigenvalue weighted by molar-refractivity contribution is 6.17. The van der Waals surface area contributed by atoms with Crippen LogP contribution in [-0.4, -0.2) is 27.4 Å². The fourth-order valence-corrected chi connectivity index (χ4v) is 2.49. The van der Waals surface area contributed by atoms with Gasteiger partial charge in [-0.15, -0.1) is 0 Å². The van der Waals surface area contributed by atoms with Crippen molar-refractivity contribution in [3.63, 3.8) is 0 Å². The molecule has 0 bridgehead atoms. The monoisotopic (exact) mass is 320 g/mol. The number of fused-ring (bicyclic) bond motifs is 1. The molecule has 122 valence electrons. The normalized spacial score (nSPS) is 14.4. The summed E-state index contributed by atoms with van der Waals surface area (Å²) in [4.78, 5) is 16.3. The maximum absolute atomic E-state index is 5.08. The minimum absolute atomic E-state index is 0.663. The Morgan fingerprint density at radius 1 is 1.04 bits per heavy atom. The molecule has 4 heteroatoms. The Kier molecular flexibility index (Phi) is 4.77. The maximum Gasteiger partial charge on any atom is 0.166 e. The summed E-state index contributed by atoms with van der Waals surface area (Å²) in [5.41, 5.74) is 5.37. The average Bonchev–Trinajstić information content (AvgIpc) is 2.98. The highest BCUT2D eigenvalue weighted by atomic mass is 17.2. The van der Waals surface area contributed by atoms with Crippen molar-refractivity contribution in [1.82, 2.24) is 0 Å². The summed E-state index contributed by atoms with van der Waals surface area (Å²) in [6.45, 7) is 0. The van der Waals surface area contributed by atoms with Crippen molar-refractivity contribution < 1.29 is 9.78 Å². The van der Waals surface area contributed by atoms with Gasteiger partial charge in [0.1, 0.15) is 0 Å². The Balaban J connectivity index is 1.76. The molecule has 1 aliphatic heterocycles. The first-order valence-corrected chi connectivity index (χ1v) is 7.72. The van der Waals surface area contributed by atoms with Gasteiger partial charge in [-0.3, -0.25) is 4.99 Å². The highest BCUT2D eigenvalue weighted by Crippen LogP contribution is 2.34. The highest BCUT2D eigenvalue weighted by Gasteiger charge is 2.12. The van der Waals surface area contributed by atoms with Crippen LogP contribution in [-0.2, 0) is 4.89 Å². The zero-order valence-corrected chi connectivity index (χ0v) is 14.1. The first kappa shape index (κ1) is 16.0. The number of allylic oxidation sites excluding steroid dienone is 3. The van der Waals surface area contributed by atoms with Gasteiger partial charge in [-0.1, -0.05) is 30.4 Å². The molecule has 1 aliphatic rings. The topological polar surface area (TPSA) is 34.1 Å². The summed E-state index contributed by atoms with van der Waals surface area (Å²) in [5.74, 6) is 0.663. The zero-order chi connectivity index (χ0) is 16.9. The van der Waals surface area contributed by atoms with Crippen LogP contribution in [0.4, 0.5) is 11.4 Å². The molecule has 0 unspecified atom stereocenters. The number of benzene rings is 2. The van der Waals surface area contributed by atoms with Crippen molar-refractivity contribution in [3.8, 4) is 5.75 Å². The van der Waals surface area contributed by atoms with Gasteiger partial charge in [-0.05, 0) is 35.9 Å². The van der Waals surface area contributed by atoms with Crippen molar-refractivity contribution in [2.75, 3.05) is 26.1 Å². The van der Waals surface area contributed by atoms with Crippen molar-refractivity contribution in [2.24, 2.45) is 4.99 Å². The molecule has 0 radical (unpaired) electrons. The summed E-state index contributed by atoms with van der Waals surface area (Å²) < 4.78 is 0. The van der Waals surface area contributed by atoms with E-state index in [0.29, 0.717) is 5.75 Å². The maximum atomic E-state index is 5.08. The number of hydrogen-bond acceptors (Lipinski definition) is 4. The van der Waals surface area contributed by atoms with Crippen LogP contribution in [0.25, 0.3) is 11.6 Å². The molecule has 4 nitrogen and oxygen atoms in total. The second kappa shape index (κ2) is 7.15. The summed E-state index contributed by atoms with van der Waals surface area (Å²) in [6.07, 6.45) is 8.02. The molecular formula is C20H20N2O2. The first-order valence-electron chi connectivity index (χ1n) is 7.72. The Labute approximate surface area is 142 Å². The van der Waals surface area contributed by atoms with E-state index >= 15 is 0 Å². The van der Waals surface area contributed by atoms with Gasteiger partial charge in [0.05, 0.1) is 12.8 Å². The molecule has 0 saturated carbocycles. The number of aliphatic imine (C=N–C) groups is 1. The van der Waals surface area contributed by atoms with Crippen LogP contribution in [0.5, 0.6) is 5.75 Å². The quantitative estimate of drug-likeness (QED) is 0.600. The van der Waals surface area contributed by atoms with E-state index < -0.39 is 0 Å². The molecule has 0 N–H and O–H groups in total. The number of anilines is 1. The van der Waals surface area contributed by atoms with E-state index in [9.17, 15) is 0 Å². The minimum atomic E-state index is 0.663. The minimum Gasteiger partial charge on any atom is -0.378 e. The van der Waals surface area contributed by atoms with Crippen LogP contribution >= 0.6 is 0 Å². The van der Waals surface area contributed by atoms with E-state index in [1.807, 2.05) is 50.7 Å². The number of nitrogens with zero attached hydrogens (tertiary/aromatic N) is 2. The second-order valence-electron chi connectivity index (χ2n) is 5.65. The Morgan fingerprint density at radius 3 is 2.54 bits per heavy atom. The van der Waals surface area contributed by atoms with Crippen LogP contribution in [0.1, 0.15) is 11.1 Å². The van der Waals surface area contributed by atoms with Crippen LogP contribution in [0.15, 0.2) is 59.6 Å². The van der Waals surface area contributed by atoms with Crippen molar-refractivity contribution in [1.29, 1.82) is 0 Å². The Hall–Kier alpha value is -2.85. The van der Waals surface area contributed by atoms with E-state index in [1.54, 1.807) is 0 Å². The van der Waals surface area contributed by atoms with Gasteiger partial charge in [-0.25, -0.2) is 0 Å². The second-order valence-corrected chi connectivity index (χ2v) is 5.65. The molecule has 1 heterocycles. The van der Waals surface area contributed by atoms with Gasteiger partial charge in [0.25, 0.3) is 0 Å². The fourth-order valence-electron chi connectivity index (χ4n) is 2.49. The molecule has 0 spiro atoms. The predicted octanol–water partition coefficient (Wildman–Crippen LogP) is 4.51. The van der Waals surface area contributed by atoms with Gasteiger partial charge in [0, 0.05) is 37.1 Å². The molecule has 0 atom stereocenters. The van der Waals surface area contributed by atoms with Crippen LogP contribution in [0.2, 0.25) is 0 Å². The molecular weight excluding hydrogens is 300 g/mol. The lowest BCUT2D eigenvalue weighted by Gasteiger charge is -2.11. The van der Waals surface area contributed by atoms with Crippen molar-refractivity contribution >= 4 is 29.2 Å². The van der Waals surface area contributed by atoms with Crippen LogP contribution < -0.4 is 9.79 Å². The smallest absolute Gasteiger partial charge is 0.166 e. The van der Waals surface area contributed by atoms with Crippen molar-refractivity contribution in [3.05, 3.63) is 65.7 Å². The molecule has 0 aromatic heterocycles. The predicted molar refractivity (Wildman–Crippen MR) is 100 cm³/mol. The summed E-state index contributed by atoms with van der Waals surface area (Å²) in [5, 5.41) is 0. The Bertz CT molecular complexity index is 803. The van der Waals surface area contributed by atoms with Gasteiger partial charge in [0.2, 0.25) is 0 Å². The zero-order valence-electron chi connectivity index (χ0n) is 14.1. The van der Waals surface area contributed by atoms with Gasteiger partial charge < -0.3 is 9.79 Å². The molecule has 2 aromatic rings. The largest absolute Gasteiger partial charge is 0.378 e. The van der Waals surface area contributed by atoms with Crippen molar-refractivity contribution in [2.45, 2.75) is 0 Å². The average molecular weight is 320 g/mol. The lowest BCUT2D eigenvalue weighted by Crippen LogP contribution is -2.07. The number of hydrogen-bond donors (Lipinski definition) is 0. The summed E-state index contributed by atoms with van der Waals surface area (Å²) in [6, 6.07) is 14.1. The molecule has 3 rings (SSSR count). The fraction of sp³-hybridized carbons (Fsp3) is 0.150. The van der Waals surface area contributed by atoms with Gasteiger partial charge in [-0.2, -0.15) is 4.89 Å². The standard InChI is InChI=1S/C20H20N2O2/c1-22(2)17-9-7-15(8-10-17)5-4-6-16-14-21-20-12-11-18(24-23-3)13-19(16)20/h4-14H,1-3H3. The molecule has 0 saturated heterocycles. The van der Waals surface area contributed by atoms with Gasteiger partial charge in [0.15, 0.2) is 5.75 Å². The van der Waals surface area contributed by atoms with E-state index in [2.05, 4.69) is 40.2 Å².